The maximum Gasteiger partial charge on any atom is 0.343 e. The summed E-state index contributed by atoms with van der Waals surface area (Å²) in [4.78, 5) is 12.7. The highest BCUT2D eigenvalue weighted by Crippen LogP contribution is 2.24. The van der Waals surface area contributed by atoms with Gasteiger partial charge < -0.3 is 4.74 Å². The first-order valence-electron chi connectivity index (χ1n) is 12.1. The number of nitrogens with zero attached hydrogens (tertiary/aromatic N) is 1. The summed E-state index contributed by atoms with van der Waals surface area (Å²) >= 11 is 0. The van der Waals surface area contributed by atoms with Crippen LogP contribution < -0.4 is 4.74 Å². The van der Waals surface area contributed by atoms with Crippen LogP contribution in [0.5, 0.6) is 5.75 Å². The van der Waals surface area contributed by atoms with Gasteiger partial charge >= 0.3 is 5.97 Å². The molecule has 0 unspecified atom stereocenters. The predicted molar refractivity (Wildman–Crippen MR) is 134 cm³/mol. The molecule has 3 aromatic carbocycles. The second-order valence-corrected chi connectivity index (χ2v) is 8.52. The smallest absolute Gasteiger partial charge is 0.343 e. The normalized spacial score (nSPS) is 10.6. The van der Waals surface area contributed by atoms with E-state index in [2.05, 4.69) is 44.2 Å². The monoisotopic (exact) mass is 439 g/mol. The first kappa shape index (κ1) is 24.3. The van der Waals surface area contributed by atoms with Crippen molar-refractivity contribution < 1.29 is 9.53 Å². The molecule has 0 aliphatic heterocycles. The molecule has 3 aromatic rings. The van der Waals surface area contributed by atoms with E-state index in [1.807, 2.05) is 24.3 Å². The van der Waals surface area contributed by atoms with Gasteiger partial charge in [0.2, 0.25) is 0 Å². The van der Waals surface area contributed by atoms with Crippen LogP contribution in [0, 0.1) is 11.3 Å². The van der Waals surface area contributed by atoms with Crippen molar-refractivity contribution in [2.24, 2.45) is 0 Å². The van der Waals surface area contributed by atoms with Crippen LogP contribution in [0.3, 0.4) is 0 Å². The molecule has 0 aliphatic carbocycles. The van der Waals surface area contributed by atoms with Gasteiger partial charge in [-0.2, -0.15) is 5.26 Å². The fourth-order valence-corrected chi connectivity index (χ4v) is 3.87. The number of hydrogen-bond donors (Lipinski definition) is 0. The minimum Gasteiger partial charge on any atom is -0.422 e. The second kappa shape index (κ2) is 12.6. The Bertz CT molecular complexity index is 1080. The molecule has 0 N–H and O–H groups in total. The lowest BCUT2D eigenvalue weighted by Crippen LogP contribution is -2.09. The molecule has 0 radical (unpaired) electrons. The molecule has 0 amide bonds. The number of nitriles is 1. The van der Waals surface area contributed by atoms with Gasteiger partial charge in [-0.3, -0.25) is 0 Å². The molecule has 3 rings (SSSR count). The van der Waals surface area contributed by atoms with Crippen LogP contribution in [0.2, 0.25) is 0 Å². The number of ether oxygens (including phenoxy) is 1. The molecular formula is C30H33NO2. The molecule has 3 heteroatoms. The van der Waals surface area contributed by atoms with Gasteiger partial charge in [0.1, 0.15) is 11.8 Å². The molecule has 3 nitrogen and oxygen atoms in total. The molecule has 0 bridgehead atoms. The van der Waals surface area contributed by atoms with Crippen LogP contribution in [-0.4, -0.2) is 5.97 Å². The van der Waals surface area contributed by atoms with Crippen molar-refractivity contribution in [2.45, 2.75) is 65.2 Å². The zero-order valence-electron chi connectivity index (χ0n) is 19.8. The number of benzene rings is 3. The van der Waals surface area contributed by atoms with E-state index in [1.165, 1.54) is 37.7 Å². The van der Waals surface area contributed by atoms with Crippen molar-refractivity contribution in [1.82, 2.24) is 0 Å². The third kappa shape index (κ3) is 7.05. The summed E-state index contributed by atoms with van der Waals surface area (Å²) in [5.74, 6) is -0.143. The van der Waals surface area contributed by atoms with E-state index in [0.717, 1.165) is 36.0 Å². The molecular weight excluding hydrogens is 406 g/mol. The van der Waals surface area contributed by atoms with Crippen molar-refractivity contribution >= 4 is 5.97 Å². The van der Waals surface area contributed by atoms with Gasteiger partial charge in [-0.15, -0.1) is 0 Å². The summed E-state index contributed by atoms with van der Waals surface area (Å²) in [5.41, 5.74) is 5.49. The number of aryl methyl sites for hydroxylation is 2. The zero-order chi connectivity index (χ0) is 23.5. The fourth-order valence-electron chi connectivity index (χ4n) is 3.87. The number of esters is 1. The number of carbonyl (C=O) groups is 1. The van der Waals surface area contributed by atoms with E-state index in [4.69, 9.17) is 4.74 Å². The summed E-state index contributed by atoms with van der Waals surface area (Å²) in [7, 11) is 0. The summed E-state index contributed by atoms with van der Waals surface area (Å²) in [6.07, 6.45) is 9.15. The Morgan fingerprint density at radius 3 is 2.00 bits per heavy atom. The van der Waals surface area contributed by atoms with Crippen molar-refractivity contribution in [1.29, 1.82) is 5.26 Å². The highest BCUT2D eigenvalue weighted by atomic mass is 16.5. The van der Waals surface area contributed by atoms with E-state index in [1.54, 1.807) is 18.2 Å². The summed E-state index contributed by atoms with van der Waals surface area (Å²) in [6, 6.07) is 23.7. The third-order valence-corrected chi connectivity index (χ3v) is 5.91. The van der Waals surface area contributed by atoms with E-state index in [0.29, 0.717) is 16.9 Å². The highest BCUT2D eigenvalue weighted by Gasteiger charge is 2.13. The highest BCUT2D eigenvalue weighted by molar-refractivity contribution is 5.92. The van der Waals surface area contributed by atoms with E-state index in [9.17, 15) is 10.1 Å². The Kier molecular flexibility index (Phi) is 9.27. The van der Waals surface area contributed by atoms with Gasteiger partial charge in [0.05, 0.1) is 11.1 Å². The number of hydrogen-bond acceptors (Lipinski definition) is 3. The van der Waals surface area contributed by atoms with Crippen molar-refractivity contribution in [3.8, 4) is 22.9 Å². The zero-order valence-corrected chi connectivity index (χ0v) is 19.8. The van der Waals surface area contributed by atoms with E-state index < -0.39 is 5.97 Å². The molecule has 0 heterocycles. The predicted octanol–water partition coefficient (Wildman–Crippen LogP) is 7.91. The molecule has 0 aliphatic rings. The Morgan fingerprint density at radius 1 is 0.758 bits per heavy atom. The minimum atomic E-state index is -0.455. The number of rotatable bonds is 11. The van der Waals surface area contributed by atoms with Crippen molar-refractivity contribution in [3.05, 3.63) is 89.0 Å². The molecule has 170 valence electrons. The summed E-state index contributed by atoms with van der Waals surface area (Å²) in [5, 5.41) is 9.52. The minimum absolute atomic E-state index is 0.312. The molecule has 33 heavy (non-hydrogen) atoms. The van der Waals surface area contributed by atoms with Crippen LogP contribution in [0.25, 0.3) is 11.1 Å². The fraction of sp³-hybridized carbons (Fsp3) is 0.333. The standard InChI is InChI=1S/C30H33NO2/c1-3-5-7-8-10-24-13-20-29(28(21-24)22-31)33-30(32)27-18-16-26(17-19-27)25-14-11-23(12-15-25)9-6-4-2/h11-21H,3-10H2,1-2H3. The lowest BCUT2D eigenvalue weighted by Gasteiger charge is -2.09. The molecule has 0 fully saturated rings. The van der Waals surface area contributed by atoms with Crippen LogP contribution in [0.15, 0.2) is 66.7 Å². The lowest BCUT2D eigenvalue weighted by atomic mass is 10.0. The third-order valence-electron chi connectivity index (χ3n) is 5.91. The van der Waals surface area contributed by atoms with Crippen LogP contribution in [0.1, 0.15) is 79.4 Å². The van der Waals surface area contributed by atoms with Crippen molar-refractivity contribution in [2.75, 3.05) is 0 Å². The first-order chi connectivity index (χ1) is 16.1. The first-order valence-corrected chi connectivity index (χ1v) is 12.1. The van der Waals surface area contributed by atoms with Gasteiger partial charge in [0.25, 0.3) is 0 Å². The van der Waals surface area contributed by atoms with E-state index in [-0.39, 0.29) is 0 Å². The average molecular weight is 440 g/mol. The van der Waals surface area contributed by atoms with Gasteiger partial charge in [-0.25, -0.2) is 4.79 Å². The van der Waals surface area contributed by atoms with Crippen molar-refractivity contribution in [3.63, 3.8) is 0 Å². The second-order valence-electron chi connectivity index (χ2n) is 8.52. The Hall–Kier alpha value is -3.38. The van der Waals surface area contributed by atoms with Gasteiger partial charge in [-0.05, 0) is 72.2 Å². The number of unbranched alkanes of at least 4 members (excludes halogenated alkanes) is 4. The maximum atomic E-state index is 12.7. The van der Waals surface area contributed by atoms with Crippen LogP contribution >= 0.6 is 0 Å². The SMILES string of the molecule is CCCCCCc1ccc(OC(=O)c2ccc(-c3ccc(CCCC)cc3)cc2)c(C#N)c1. The Labute approximate surface area is 198 Å². The molecule has 0 aromatic heterocycles. The molecule has 0 spiro atoms. The summed E-state index contributed by atoms with van der Waals surface area (Å²) in [6.45, 7) is 4.39. The van der Waals surface area contributed by atoms with Crippen LogP contribution in [0.4, 0.5) is 0 Å². The Balaban J connectivity index is 1.64. The Morgan fingerprint density at radius 2 is 1.36 bits per heavy atom. The van der Waals surface area contributed by atoms with Gasteiger partial charge in [0.15, 0.2) is 0 Å². The number of carbonyl (C=O) groups excluding carboxylic acids is 1. The topological polar surface area (TPSA) is 50.1 Å². The quantitative estimate of drug-likeness (QED) is 0.173. The maximum absolute atomic E-state index is 12.7. The van der Waals surface area contributed by atoms with Gasteiger partial charge in [-0.1, -0.05) is 82.0 Å². The molecule has 0 atom stereocenters. The van der Waals surface area contributed by atoms with Crippen LogP contribution in [-0.2, 0) is 12.8 Å². The molecule has 0 saturated heterocycles. The van der Waals surface area contributed by atoms with E-state index >= 15 is 0 Å². The average Bonchev–Trinajstić information content (AvgIpc) is 2.86. The largest absolute Gasteiger partial charge is 0.422 e. The lowest BCUT2D eigenvalue weighted by molar-refractivity contribution is 0.0734. The van der Waals surface area contributed by atoms with Gasteiger partial charge in [0, 0.05) is 0 Å². The summed E-state index contributed by atoms with van der Waals surface area (Å²) < 4.78 is 5.56. The molecule has 0 saturated carbocycles.